The Morgan fingerprint density at radius 2 is 2.07 bits per heavy atom. The maximum atomic E-state index is 5.07. The van der Waals surface area contributed by atoms with Gasteiger partial charge in [0.25, 0.3) is 0 Å². The number of nitrogens with zero attached hydrogens (tertiary/aromatic N) is 1. The summed E-state index contributed by atoms with van der Waals surface area (Å²) in [4.78, 5) is 5.13. The second kappa shape index (κ2) is 4.97. The second-order valence-corrected chi connectivity index (χ2v) is 3.73. The first-order valence-corrected chi connectivity index (χ1v) is 4.62. The van der Waals surface area contributed by atoms with E-state index in [4.69, 9.17) is 11.2 Å². The molecule has 14 heavy (non-hydrogen) atoms. The van der Waals surface area contributed by atoms with E-state index in [9.17, 15) is 0 Å². The van der Waals surface area contributed by atoms with Crippen LogP contribution >= 0.6 is 11.3 Å². The number of aryl methyl sites for hydroxylation is 2. The molecule has 2 nitrogen and oxygen atoms in total. The predicted octanol–water partition coefficient (Wildman–Crippen LogP) is 1.74. The van der Waals surface area contributed by atoms with E-state index in [1.54, 1.807) is 11.3 Å². The zero-order valence-electron chi connectivity index (χ0n) is 7.84. The van der Waals surface area contributed by atoms with Gasteiger partial charge in [-0.2, -0.15) is 0 Å². The number of ether oxygens (including phenoxy) is 1. The van der Waals surface area contributed by atoms with E-state index in [-0.39, 0.29) is 0 Å². The van der Waals surface area contributed by atoms with E-state index in [0.717, 1.165) is 9.88 Å². The van der Waals surface area contributed by atoms with Gasteiger partial charge in [-0.25, -0.2) is 4.98 Å². The highest BCUT2D eigenvalue weighted by Gasteiger charge is 2.03. The molecule has 0 bridgehead atoms. The van der Waals surface area contributed by atoms with E-state index < -0.39 is 0 Å². The van der Waals surface area contributed by atoms with Gasteiger partial charge in [-0.15, -0.1) is 17.8 Å². The first kappa shape index (κ1) is 10.2. The number of aromatic nitrogens is 1. The smallest absolute Gasteiger partial charge is 0.244 e. The van der Waals surface area contributed by atoms with Crippen molar-refractivity contribution in [2.24, 2.45) is 0 Å². The van der Waals surface area contributed by atoms with Crippen molar-refractivity contribution in [2.75, 3.05) is 0 Å². The molecule has 1 aromatic rings. The molecule has 1 aromatic heterocycles. The first-order chi connectivity index (χ1) is 6.74. The molecular weight excluding hydrogens is 194 g/mol. The van der Waals surface area contributed by atoms with Crippen molar-refractivity contribution in [3.8, 4) is 42.1 Å². The molecule has 0 amide bonds. The minimum absolute atomic E-state index is 0.544. The number of hydrogen-bond donors (Lipinski definition) is 0. The van der Waals surface area contributed by atoms with E-state index in [0.29, 0.717) is 5.88 Å². The van der Waals surface area contributed by atoms with Crippen LogP contribution in [0.15, 0.2) is 0 Å². The second-order valence-electron chi connectivity index (χ2n) is 2.32. The van der Waals surface area contributed by atoms with Gasteiger partial charge < -0.3 is 4.74 Å². The molecule has 1 heterocycles. The third-order valence-electron chi connectivity index (χ3n) is 1.26. The highest BCUT2D eigenvalue weighted by Crippen LogP contribution is 2.22. The van der Waals surface area contributed by atoms with Gasteiger partial charge in [0.1, 0.15) is 6.11 Å². The molecule has 0 fully saturated rings. The fourth-order valence-electron chi connectivity index (χ4n) is 0.771. The SMILES string of the molecule is C#CC#CC#COc1nc(C)sc1C. The molecule has 0 spiro atoms. The Kier molecular flexibility index (Phi) is 3.62. The van der Waals surface area contributed by atoms with E-state index in [2.05, 4.69) is 34.8 Å². The van der Waals surface area contributed by atoms with Crippen LogP contribution in [0.25, 0.3) is 0 Å². The highest BCUT2D eigenvalue weighted by atomic mass is 32.1. The predicted molar refractivity (Wildman–Crippen MR) is 56.6 cm³/mol. The van der Waals surface area contributed by atoms with Crippen molar-refractivity contribution < 1.29 is 4.74 Å². The van der Waals surface area contributed by atoms with Crippen LogP contribution in [0, 0.1) is 50.1 Å². The number of thiazole rings is 1. The maximum Gasteiger partial charge on any atom is 0.244 e. The monoisotopic (exact) mass is 201 g/mol. The molecule has 0 atom stereocenters. The van der Waals surface area contributed by atoms with Gasteiger partial charge in [-0.05, 0) is 25.7 Å². The van der Waals surface area contributed by atoms with Crippen LogP contribution in [-0.4, -0.2) is 4.98 Å². The van der Waals surface area contributed by atoms with Gasteiger partial charge in [0, 0.05) is 11.8 Å². The van der Waals surface area contributed by atoms with E-state index in [1.807, 2.05) is 13.8 Å². The summed E-state index contributed by atoms with van der Waals surface area (Å²) in [5.74, 6) is 9.95. The van der Waals surface area contributed by atoms with Crippen LogP contribution in [0.4, 0.5) is 0 Å². The molecule has 0 saturated carbocycles. The largest absolute Gasteiger partial charge is 0.385 e. The summed E-state index contributed by atoms with van der Waals surface area (Å²) >= 11 is 1.57. The average Bonchev–Trinajstić information content (AvgIpc) is 2.45. The summed E-state index contributed by atoms with van der Waals surface area (Å²) in [6, 6.07) is 0. The van der Waals surface area contributed by atoms with Gasteiger partial charge in [0.05, 0.1) is 9.88 Å². The minimum atomic E-state index is 0.544. The molecule has 0 aliphatic heterocycles. The molecule has 0 aliphatic carbocycles. The summed E-state index contributed by atoms with van der Waals surface area (Å²) in [7, 11) is 0. The summed E-state index contributed by atoms with van der Waals surface area (Å²) in [6.07, 6.45) is 7.32. The Morgan fingerprint density at radius 3 is 2.64 bits per heavy atom. The summed E-state index contributed by atoms with van der Waals surface area (Å²) in [6.45, 7) is 3.84. The molecule has 68 valence electrons. The Morgan fingerprint density at radius 1 is 1.29 bits per heavy atom. The maximum absolute atomic E-state index is 5.07. The fourth-order valence-corrected chi connectivity index (χ4v) is 1.52. The first-order valence-electron chi connectivity index (χ1n) is 3.80. The molecule has 1 rings (SSSR count). The van der Waals surface area contributed by atoms with Crippen LogP contribution in [0.1, 0.15) is 9.88 Å². The molecule has 0 N–H and O–H groups in total. The van der Waals surface area contributed by atoms with Crippen LogP contribution in [0.3, 0.4) is 0 Å². The van der Waals surface area contributed by atoms with Crippen LogP contribution < -0.4 is 4.74 Å². The standard InChI is InChI=1S/C11H7NOS/c1-4-5-6-7-8-13-11-9(2)14-10(3)12-11/h1H,2-3H3. The van der Waals surface area contributed by atoms with Gasteiger partial charge in [0.2, 0.25) is 5.88 Å². The van der Waals surface area contributed by atoms with Crippen molar-refractivity contribution in [2.45, 2.75) is 13.8 Å². The van der Waals surface area contributed by atoms with Gasteiger partial charge in [-0.3, -0.25) is 0 Å². The van der Waals surface area contributed by atoms with Gasteiger partial charge in [0.15, 0.2) is 0 Å². The number of terminal acetylenes is 1. The van der Waals surface area contributed by atoms with Gasteiger partial charge >= 0.3 is 0 Å². The highest BCUT2D eigenvalue weighted by molar-refractivity contribution is 7.11. The minimum Gasteiger partial charge on any atom is -0.385 e. The number of rotatable bonds is 1. The Hall–Kier alpha value is -1.89. The quantitative estimate of drug-likeness (QED) is 0.646. The van der Waals surface area contributed by atoms with Crippen LogP contribution in [0.2, 0.25) is 0 Å². The van der Waals surface area contributed by atoms with Crippen molar-refractivity contribution >= 4 is 11.3 Å². The third kappa shape index (κ3) is 2.87. The topological polar surface area (TPSA) is 22.1 Å². The van der Waals surface area contributed by atoms with E-state index >= 15 is 0 Å². The van der Waals surface area contributed by atoms with Crippen LogP contribution in [0.5, 0.6) is 5.88 Å². The molecule has 0 radical (unpaired) electrons. The van der Waals surface area contributed by atoms with Crippen molar-refractivity contribution in [3.05, 3.63) is 9.88 Å². The molecule has 3 heteroatoms. The van der Waals surface area contributed by atoms with Gasteiger partial charge in [-0.1, -0.05) is 0 Å². The zero-order chi connectivity index (χ0) is 10.4. The average molecular weight is 201 g/mol. The normalized spacial score (nSPS) is 7.50. The lowest BCUT2D eigenvalue weighted by molar-refractivity contribution is 0.497. The number of hydrogen-bond acceptors (Lipinski definition) is 3. The summed E-state index contributed by atoms with van der Waals surface area (Å²) in [5.41, 5.74) is 0. The Balaban J connectivity index is 2.66. The summed E-state index contributed by atoms with van der Waals surface area (Å²) in [5, 5.41) is 0.953. The molecule has 0 aromatic carbocycles. The molecule has 0 aliphatic rings. The Bertz CT molecular complexity index is 485. The van der Waals surface area contributed by atoms with Crippen molar-refractivity contribution in [1.82, 2.24) is 4.98 Å². The van der Waals surface area contributed by atoms with Crippen molar-refractivity contribution in [3.63, 3.8) is 0 Å². The Labute approximate surface area is 87.3 Å². The molecular formula is C11H7NOS. The van der Waals surface area contributed by atoms with E-state index in [1.165, 1.54) is 0 Å². The lowest BCUT2D eigenvalue weighted by atomic mass is 10.6. The van der Waals surface area contributed by atoms with Crippen LogP contribution in [-0.2, 0) is 0 Å². The molecule has 0 saturated heterocycles. The third-order valence-corrected chi connectivity index (χ3v) is 2.12. The zero-order valence-corrected chi connectivity index (χ0v) is 8.66. The molecule has 0 unspecified atom stereocenters. The lowest BCUT2D eigenvalue weighted by Gasteiger charge is -1.88. The summed E-state index contributed by atoms with van der Waals surface area (Å²) < 4.78 is 5.07. The lowest BCUT2D eigenvalue weighted by Crippen LogP contribution is -1.84. The van der Waals surface area contributed by atoms with Crippen molar-refractivity contribution in [1.29, 1.82) is 0 Å². The fraction of sp³-hybridized carbons (Fsp3) is 0.182.